The molecule has 1 aromatic heterocycles. The van der Waals surface area contributed by atoms with Crippen LogP contribution >= 0.6 is 0 Å². The summed E-state index contributed by atoms with van der Waals surface area (Å²) in [5.74, 6) is 0.731. The zero-order valence-corrected chi connectivity index (χ0v) is 20.6. The van der Waals surface area contributed by atoms with Crippen molar-refractivity contribution in [1.82, 2.24) is 14.2 Å². The van der Waals surface area contributed by atoms with E-state index < -0.39 is 16.1 Å². The molecule has 1 atom stereocenters. The minimum Gasteiger partial charge on any atom is -0.497 e. The molecule has 0 bridgehead atoms. The Morgan fingerprint density at radius 1 is 0.914 bits per heavy atom. The van der Waals surface area contributed by atoms with E-state index in [0.29, 0.717) is 12.1 Å². The largest absolute Gasteiger partial charge is 0.497 e. The van der Waals surface area contributed by atoms with Gasteiger partial charge in [-0.1, -0.05) is 48.0 Å². The van der Waals surface area contributed by atoms with E-state index in [0.717, 1.165) is 39.4 Å². The van der Waals surface area contributed by atoms with Crippen molar-refractivity contribution in [2.24, 2.45) is 5.10 Å². The Labute approximate surface area is 205 Å². The van der Waals surface area contributed by atoms with Crippen molar-refractivity contribution >= 4 is 15.7 Å². The molecule has 0 saturated carbocycles. The summed E-state index contributed by atoms with van der Waals surface area (Å²) in [6, 6.07) is 24.9. The molecule has 178 valence electrons. The van der Waals surface area contributed by atoms with Crippen molar-refractivity contribution < 1.29 is 13.2 Å². The quantitative estimate of drug-likeness (QED) is 0.386. The second kappa shape index (κ2) is 9.03. The molecule has 1 aliphatic heterocycles. The van der Waals surface area contributed by atoms with E-state index in [1.54, 1.807) is 11.8 Å². The first-order valence-electron chi connectivity index (χ1n) is 11.3. The summed E-state index contributed by atoms with van der Waals surface area (Å²) in [5, 5.41) is 9.45. The first-order chi connectivity index (χ1) is 16.8. The Bertz CT molecular complexity index is 1480. The highest BCUT2D eigenvalue weighted by Crippen LogP contribution is 2.39. The third-order valence-electron chi connectivity index (χ3n) is 6.08. The number of nitrogens with zero attached hydrogens (tertiary/aromatic N) is 4. The highest BCUT2D eigenvalue weighted by Gasteiger charge is 2.37. The zero-order chi connectivity index (χ0) is 24.6. The van der Waals surface area contributed by atoms with E-state index in [1.165, 1.54) is 10.7 Å². The van der Waals surface area contributed by atoms with Crippen LogP contribution in [-0.2, 0) is 10.0 Å². The number of ether oxygens (including phenoxy) is 1. The molecule has 35 heavy (non-hydrogen) atoms. The average Bonchev–Trinajstić information content (AvgIpc) is 3.50. The Balaban J connectivity index is 1.62. The van der Waals surface area contributed by atoms with Gasteiger partial charge in [-0.05, 0) is 48.9 Å². The molecule has 1 aliphatic rings. The van der Waals surface area contributed by atoms with Gasteiger partial charge in [-0.15, -0.1) is 0 Å². The molecule has 8 heteroatoms. The number of aryl methyl sites for hydroxylation is 1. The fourth-order valence-electron chi connectivity index (χ4n) is 4.26. The van der Waals surface area contributed by atoms with E-state index >= 15 is 0 Å². The minimum atomic E-state index is -3.63. The second-order valence-electron chi connectivity index (χ2n) is 8.61. The number of hydrogen-bond acceptors (Lipinski definition) is 5. The summed E-state index contributed by atoms with van der Waals surface area (Å²) in [6.07, 6.45) is 3.53. The van der Waals surface area contributed by atoms with Crippen LogP contribution in [0.3, 0.4) is 0 Å². The molecule has 3 aromatic carbocycles. The lowest BCUT2D eigenvalue weighted by atomic mass is 9.97. The van der Waals surface area contributed by atoms with Gasteiger partial charge in [0, 0.05) is 23.7 Å². The molecule has 4 aromatic rings. The average molecular weight is 487 g/mol. The lowest BCUT2D eigenvalue weighted by Crippen LogP contribution is -2.26. The first kappa shape index (κ1) is 22.9. The number of benzene rings is 3. The van der Waals surface area contributed by atoms with Crippen LogP contribution in [0.25, 0.3) is 16.9 Å². The molecule has 0 saturated heterocycles. The van der Waals surface area contributed by atoms with Gasteiger partial charge in [0.1, 0.15) is 5.75 Å². The Morgan fingerprint density at radius 3 is 2.20 bits per heavy atom. The van der Waals surface area contributed by atoms with Gasteiger partial charge < -0.3 is 4.74 Å². The summed E-state index contributed by atoms with van der Waals surface area (Å²) in [5.41, 5.74) is 6.05. The van der Waals surface area contributed by atoms with Crippen molar-refractivity contribution in [3.05, 3.63) is 102 Å². The first-order valence-corrected chi connectivity index (χ1v) is 13.1. The predicted octanol–water partition coefficient (Wildman–Crippen LogP) is 4.97. The van der Waals surface area contributed by atoms with Crippen molar-refractivity contribution in [3.8, 4) is 22.7 Å². The van der Waals surface area contributed by atoms with Crippen LogP contribution in [0.15, 0.2) is 90.2 Å². The van der Waals surface area contributed by atoms with Crippen LogP contribution in [-0.4, -0.2) is 41.7 Å². The van der Waals surface area contributed by atoms with Crippen LogP contribution in [0.5, 0.6) is 5.75 Å². The van der Waals surface area contributed by atoms with Crippen molar-refractivity contribution in [2.75, 3.05) is 13.4 Å². The van der Waals surface area contributed by atoms with E-state index in [9.17, 15) is 8.42 Å². The Kier molecular flexibility index (Phi) is 5.90. The van der Waals surface area contributed by atoms with Gasteiger partial charge in [0.2, 0.25) is 10.0 Å². The molecular weight excluding hydrogens is 460 g/mol. The molecule has 0 fully saturated rings. The van der Waals surface area contributed by atoms with Gasteiger partial charge in [0.05, 0.1) is 36.5 Å². The fourth-order valence-corrected chi connectivity index (χ4v) is 5.16. The number of hydrazone groups is 1. The van der Waals surface area contributed by atoms with E-state index in [-0.39, 0.29) is 0 Å². The number of sulfonamides is 1. The Morgan fingerprint density at radius 2 is 1.57 bits per heavy atom. The molecule has 0 radical (unpaired) electrons. The van der Waals surface area contributed by atoms with E-state index in [1.807, 2.05) is 92.0 Å². The molecule has 1 unspecified atom stereocenters. The SMILES string of the molecule is COc1ccc(C2=NN(S(C)(=O)=O)C(c3cn(-c4ccccc4)nc3-c3ccc(C)cc3)C2)cc1. The van der Waals surface area contributed by atoms with E-state index in [4.69, 9.17) is 9.84 Å². The fraction of sp³-hybridized carbons (Fsp3) is 0.185. The second-order valence-corrected chi connectivity index (χ2v) is 10.5. The van der Waals surface area contributed by atoms with Crippen molar-refractivity contribution in [2.45, 2.75) is 19.4 Å². The molecular formula is C27H26N4O3S. The van der Waals surface area contributed by atoms with Crippen LogP contribution < -0.4 is 4.74 Å². The summed E-state index contributed by atoms with van der Waals surface area (Å²) in [4.78, 5) is 0. The third-order valence-corrected chi connectivity index (χ3v) is 7.10. The molecule has 0 aliphatic carbocycles. The van der Waals surface area contributed by atoms with Gasteiger partial charge in [-0.25, -0.2) is 13.1 Å². The Hall–Kier alpha value is -3.91. The van der Waals surface area contributed by atoms with Crippen molar-refractivity contribution in [1.29, 1.82) is 0 Å². The lowest BCUT2D eigenvalue weighted by molar-refractivity contribution is 0.375. The van der Waals surface area contributed by atoms with Crippen molar-refractivity contribution in [3.63, 3.8) is 0 Å². The van der Waals surface area contributed by atoms with Crippen LogP contribution in [0.2, 0.25) is 0 Å². The number of methoxy groups -OCH3 is 1. The highest BCUT2D eigenvalue weighted by molar-refractivity contribution is 7.88. The molecule has 0 amide bonds. The number of rotatable bonds is 6. The molecule has 5 rings (SSSR count). The van der Waals surface area contributed by atoms with Crippen LogP contribution in [0, 0.1) is 6.92 Å². The number of para-hydroxylation sites is 1. The van der Waals surface area contributed by atoms with Gasteiger partial charge in [-0.3, -0.25) is 0 Å². The summed E-state index contributed by atoms with van der Waals surface area (Å²) in [6.45, 7) is 2.03. The maximum atomic E-state index is 12.8. The maximum Gasteiger partial charge on any atom is 0.247 e. The smallest absolute Gasteiger partial charge is 0.247 e. The molecule has 0 N–H and O–H groups in total. The summed E-state index contributed by atoms with van der Waals surface area (Å²) < 4.78 is 34.0. The minimum absolute atomic E-state index is 0.429. The van der Waals surface area contributed by atoms with Gasteiger partial charge in [0.25, 0.3) is 0 Å². The normalized spacial score (nSPS) is 15.8. The predicted molar refractivity (Wildman–Crippen MR) is 137 cm³/mol. The summed E-state index contributed by atoms with van der Waals surface area (Å²) in [7, 11) is -2.02. The van der Waals surface area contributed by atoms with Gasteiger partial charge >= 0.3 is 0 Å². The highest BCUT2D eigenvalue weighted by atomic mass is 32.2. The number of aromatic nitrogens is 2. The maximum absolute atomic E-state index is 12.8. The molecule has 0 spiro atoms. The molecule has 2 heterocycles. The van der Waals surface area contributed by atoms with E-state index in [2.05, 4.69) is 5.10 Å². The summed E-state index contributed by atoms with van der Waals surface area (Å²) >= 11 is 0. The van der Waals surface area contributed by atoms with Gasteiger partial charge in [0.15, 0.2) is 0 Å². The standard InChI is InChI=1S/C27H26N4O3S/c1-19-9-11-21(12-10-19)27-24(18-30(29-27)22-7-5-4-6-8-22)26-17-25(28-31(26)35(3,32)33)20-13-15-23(34-2)16-14-20/h4-16,18,26H,17H2,1-3H3. The lowest BCUT2D eigenvalue weighted by Gasteiger charge is -2.21. The van der Waals surface area contributed by atoms with Gasteiger partial charge in [-0.2, -0.15) is 14.6 Å². The zero-order valence-electron chi connectivity index (χ0n) is 19.8. The van der Waals surface area contributed by atoms with Crippen LogP contribution in [0.4, 0.5) is 0 Å². The monoisotopic (exact) mass is 486 g/mol. The van der Waals surface area contributed by atoms with Crippen LogP contribution in [0.1, 0.15) is 29.2 Å². The topological polar surface area (TPSA) is 76.8 Å². The molecule has 7 nitrogen and oxygen atoms in total. The number of hydrogen-bond donors (Lipinski definition) is 0. The third kappa shape index (κ3) is 4.57.